The lowest BCUT2D eigenvalue weighted by atomic mass is 9.87. The van der Waals surface area contributed by atoms with Gasteiger partial charge in [-0.3, -0.25) is 4.79 Å². The van der Waals surface area contributed by atoms with Gasteiger partial charge in [-0.25, -0.2) is 0 Å². The predicted molar refractivity (Wildman–Crippen MR) is 61.1 cm³/mol. The number of carbonyl (C=O) groups excluding carboxylic acids is 1. The van der Waals surface area contributed by atoms with Crippen molar-refractivity contribution in [2.75, 3.05) is 14.1 Å². The van der Waals surface area contributed by atoms with E-state index in [1.807, 2.05) is 0 Å². The zero-order valence-corrected chi connectivity index (χ0v) is 10.3. The van der Waals surface area contributed by atoms with Gasteiger partial charge in [0.25, 0.3) is 0 Å². The predicted octanol–water partition coefficient (Wildman–Crippen LogP) is 2.70. The number of hydrogen-bond donors (Lipinski definition) is 0. The molecule has 0 bridgehead atoms. The number of carbonyl (C=O) groups is 1. The molecule has 0 aliphatic rings. The van der Waals surface area contributed by atoms with E-state index in [2.05, 4.69) is 39.8 Å². The highest BCUT2D eigenvalue weighted by atomic mass is 16.2. The molecular weight excluding hydrogens is 174 g/mol. The van der Waals surface area contributed by atoms with E-state index >= 15 is 0 Å². The summed E-state index contributed by atoms with van der Waals surface area (Å²) in [6.45, 7) is 8.46. The van der Waals surface area contributed by atoms with Crippen LogP contribution < -0.4 is 0 Å². The zero-order chi connectivity index (χ0) is 11.4. The molecule has 2 heteroatoms. The molecule has 0 aromatic rings. The van der Waals surface area contributed by atoms with Crippen LogP contribution in [-0.2, 0) is 4.79 Å². The van der Waals surface area contributed by atoms with Crippen LogP contribution in [0.5, 0.6) is 0 Å². The fraction of sp³-hybridized carbons (Fsp3) is 0.750. The van der Waals surface area contributed by atoms with Gasteiger partial charge < -0.3 is 4.90 Å². The van der Waals surface area contributed by atoms with Crippen LogP contribution in [0.1, 0.15) is 34.1 Å². The Morgan fingerprint density at radius 3 is 2.21 bits per heavy atom. The zero-order valence-electron chi connectivity index (χ0n) is 10.3. The third-order valence-corrected chi connectivity index (χ3v) is 2.04. The van der Waals surface area contributed by atoms with E-state index < -0.39 is 0 Å². The smallest absolute Gasteiger partial charge is 0.222 e. The molecule has 0 atom stereocenters. The lowest BCUT2D eigenvalue weighted by Crippen LogP contribution is -2.26. The Balaban J connectivity index is 4.27. The van der Waals surface area contributed by atoms with Crippen molar-refractivity contribution < 1.29 is 4.79 Å². The lowest BCUT2D eigenvalue weighted by molar-refractivity contribution is -0.130. The van der Waals surface area contributed by atoms with Crippen molar-refractivity contribution in [2.24, 2.45) is 11.3 Å². The molecule has 1 amide bonds. The minimum Gasteiger partial charge on any atom is -0.349 e. The first-order valence-electron chi connectivity index (χ1n) is 5.14. The molecule has 0 aromatic carbocycles. The van der Waals surface area contributed by atoms with Crippen molar-refractivity contribution in [3.63, 3.8) is 0 Å². The molecule has 0 N–H and O–H groups in total. The molecule has 0 fully saturated rings. The van der Waals surface area contributed by atoms with Gasteiger partial charge >= 0.3 is 0 Å². The van der Waals surface area contributed by atoms with Gasteiger partial charge in [0.15, 0.2) is 0 Å². The molecule has 0 aliphatic heterocycles. The number of allylic oxidation sites excluding steroid dienone is 2. The fourth-order valence-corrected chi connectivity index (χ4v) is 1.06. The van der Waals surface area contributed by atoms with Gasteiger partial charge in [0.05, 0.1) is 0 Å². The first kappa shape index (κ1) is 13.2. The summed E-state index contributed by atoms with van der Waals surface area (Å²) in [7, 11) is 3.59. The molecule has 0 aliphatic carbocycles. The van der Waals surface area contributed by atoms with Crippen LogP contribution in [0.3, 0.4) is 0 Å². The van der Waals surface area contributed by atoms with Gasteiger partial charge in [-0.15, -0.1) is 0 Å². The van der Waals surface area contributed by atoms with E-state index in [-0.39, 0.29) is 11.3 Å². The van der Waals surface area contributed by atoms with Crippen LogP contribution in [0.15, 0.2) is 12.2 Å². The van der Waals surface area contributed by atoms with Crippen molar-refractivity contribution in [1.29, 1.82) is 0 Å². The average Bonchev–Trinajstić information content (AvgIpc) is 2.00. The number of nitrogens with zero attached hydrogens (tertiary/aromatic N) is 1. The Labute approximate surface area is 88.0 Å². The SMILES string of the molecule is CC(C)/C=C/C(C)(C)CC(=O)N(C)C. The third kappa shape index (κ3) is 5.79. The van der Waals surface area contributed by atoms with Gasteiger partial charge in [-0.05, 0) is 11.3 Å². The minimum atomic E-state index is -0.0361. The van der Waals surface area contributed by atoms with E-state index in [0.717, 1.165) is 0 Å². The van der Waals surface area contributed by atoms with Crippen molar-refractivity contribution in [3.05, 3.63) is 12.2 Å². The second-order valence-corrected chi connectivity index (χ2v) is 5.06. The van der Waals surface area contributed by atoms with Gasteiger partial charge in [0.2, 0.25) is 5.91 Å². The Kier molecular flexibility index (Phi) is 4.89. The van der Waals surface area contributed by atoms with Gasteiger partial charge in [-0.1, -0.05) is 39.8 Å². The summed E-state index contributed by atoms with van der Waals surface area (Å²) in [6.07, 6.45) is 4.87. The largest absolute Gasteiger partial charge is 0.349 e. The Morgan fingerprint density at radius 2 is 1.86 bits per heavy atom. The molecule has 14 heavy (non-hydrogen) atoms. The highest BCUT2D eigenvalue weighted by Gasteiger charge is 2.19. The quantitative estimate of drug-likeness (QED) is 0.635. The molecule has 0 spiro atoms. The fourth-order valence-electron chi connectivity index (χ4n) is 1.06. The number of amides is 1. The molecule has 0 heterocycles. The molecule has 0 saturated heterocycles. The summed E-state index contributed by atoms with van der Waals surface area (Å²) in [5.41, 5.74) is -0.0361. The maximum atomic E-state index is 11.5. The molecule has 82 valence electrons. The number of hydrogen-bond acceptors (Lipinski definition) is 1. The second kappa shape index (κ2) is 5.18. The van der Waals surface area contributed by atoms with E-state index in [0.29, 0.717) is 12.3 Å². The molecule has 2 nitrogen and oxygen atoms in total. The van der Waals surface area contributed by atoms with Crippen LogP contribution >= 0.6 is 0 Å². The Morgan fingerprint density at radius 1 is 1.36 bits per heavy atom. The monoisotopic (exact) mass is 197 g/mol. The molecule has 0 unspecified atom stereocenters. The highest BCUT2D eigenvalue weighted by molar-refractivity contribution is 5.76. The van der Waals surface area contributed by atoms with Crippen molar-refractivity contribution in [2.45, 2.75) is 34.1 Å². The van der Waals surface area contributed by atoms with Gasteiger partial charge in [0.1, 0.15) is 0 Å². The molecule has 0 aromatic heterocycles. The van der Waals surface area contributed by atoms with Crippen molar-refractivity contribution in [1.82, 2.24) is 4.90 Å². The third-order valence-electron chi connectivity index (χ3n) is 2.04. The van der Waals surface area contributed by atoms with E-state index in [1.165, 1.54) is 0 Å². The number of rotatable bonds is 4. The average molecular weight is 197 g/mol. The first-order valence-corrected chi connectivity index (χ1v) is 5.14. The van der Waals surface area contributed by atoms with Crippen molar-refractivity contribution in [3.8, 4) is 0 Å². The Hall–Kier alpha value is -0.790. The first-order chi connectivity index (χ1) is 6.24. The van der Waals surface area contributed by atoms with Crippen LogP contribution in [0, 0.1) is 11.3 Å². The van der Waals surface area contributed by atoms with Gasteiger partial charge in [-0.2, -0.15) is 0 Å². The minimum absolute atomic E-state index is 0.0361. The lowest BCUT2D eigenvalue weighted by Gasteiger charge is -2.22. The maximum absolute atomic E-state index is 11.5. The highest BCUT2D eigenvalue weighted by Crippen LogP contribution is 2.23. The topological polar surface area (TPSA) is 20.3 Å². The summed E-state index contributed by atoms with van der Waals surface area (Å²) < 4.78 is 0. The standard InChI is InChI=1S/C12H23NO/c1-10(2)7-8-12(3,4)9-11(14)13(5)6/h7-8,10H,9H2,1-6H3/b8-7+. The van der Waals surface area contributed by atoms with Crippen molar-refractivity contribution >= 4 is 5.91 Å². The van der Waals surface area contributed by atoms with E-state index in [1.54, 1.807) is 19.0 Å². The van der Waals surface area contributed by atoms with Gasteiger partial charge in [0, 0.05) is 20.5 Å². The van der Waals surface area contributed by atoms with Crippen LogP contribution in [0.4, 0.5) is 0 Å². The summed E-state index contributed by atoms with van der Waals surface area (Å²) in [5, 5.41) is 0. The van der Waals surface area contributed by atoms with Crippen LogP contribution in [-0.4, -0.2) is 24.9 Å². The molecule has 0 saturated carbocycles. The van der Waals surface area contributed by atoms with E-state index in [4.69, 9.17) is 0 Å². The summed E-state index contributed by atoms with van der Waals surface area (Å²) >= 11 is 0. The maximum Gasteiger partial charge on any atom is 0.222 e. The summed E-state index contributed by atoms with van der Waals surface area (Å²) in [6, 6.07) is 0. The normalized spacial score (nSPS) is 12.5. The summed E-state index contributed by atoms with van der Waals surface area (Å²) in [5.74, 6) is 0.729. The van der Waals surface area contributed by atoms with E-state index in [9.17, 15) is 4.79 Å². The molecular formula is C12H23NO. The van der Waals surface area contributed by atoms with Crippen LogP contribution in [0.2, 0.25) is 0 Å². The molecule has 0 rings (SSSR count). The second-order valence-electron chi connectivity index (χ2n) is 5.06. The molecule has 0 radical (unpaired) electrons. The Bertz CT molecular complexity index is 214. The van der Waals surface area contributed by atoms with Crippen LogP contribution in [0.25, 0.3) is 0 Å². The summed E-state index contributed by atoms with van der Waals surface area (Å²) in [4.78, 5) is 13.1.